The van der Waals surface area contributed by atoms with Crippen molar-refractivity contribution in [3.05, 3.63) is 30.1 Å². The van der Waals surface area contributed by atoms with E-state index in [0.29, 0.717) is 10.9 Å². The Morgan fingerprint density at radius 1 is 1.24 bits per heavy atom. The molecule has 2 heterocycles. The van der Waals surface area contributed by atoms with Crippen molar-refractivity contribution in [3.63, 3.8) is 0 Å². The number of carbonyl (C=O) groups is 3. The average molecular weight is 286 g/mol. The highest BCUT2D eigenvalue weighted by Crippen LogP contribution is 2.25. The Morgan fingerprint density at radius 2 is 2.00 bits per heavy atom. The Hall–Kier alpha value is -3.03. The lowest BCUT2D eigenvalue weighted by molar-refractivity contribution is -0.120. The number of nitrogens with one attached hydrogen (secondary N) is 1. The summed E-state index contributed by atoms with van der Waals surface area (Å²) in [6, 6.07) is 6.17. The first kappa shape index (κ1) is 13.0. The van der Waals surface area contributed by atoms with Crippen molar-refractivity contribution >= 4 is 34.6 Å². The quantitative estimate of drug-likeness (QED) is 0.843. The van der Waals surface area contributed by atoms with Gasteiger partial charge in [-0.05, 0) is 12.1 Å². The highest BCUT2D eigenvalue weighted by atomic mass is 16.4. The Balaban J connectivity index is 2.18. The third-order valence-electron chi connectivity index (χ3n) is 3.08. The normalized spacial score (nSPS) is 15.1. The first-order chi connectivity index (χ1) is 10.1. The number of urea groups is 1. The number of rotatable bonds is 2. The zero-order valence-electron chi connectivity index (χ0n) is 10.7. The summed E-state index contributed by atoms with van der Waals surface area (Å²) in [6.45, 7) is 0.144. The number of aromatic nitrogens is 2. The van der Waals surface area contributed by atoms with Gasteiger partial charge in [0.1, 0.15) is 5.82 Å². The molecule has 0 unspecified atom stereocenters. The Morgan fingerprint density at radius 3 is 2.71 bits per heavy atom. The molecular formula is C13H10N4O4. The number of carboxylic acids is 1. The molecule has 8 nitrogen and oxygen atoms in total. The molecule has 3 amide bonds. The maximum absolute atomic E-state index is 11.9. The molecule has 1 aromatic carbocycles. The predicted molar refractivity (Wildman–Crippen MR) is 72.0 cm³/mol. The Labute approximate surface area is 118 Å². The minimum Gasteiger partial charge on any atom is -0.475 e. The van der Waals surface area contributed by atoms with Crippen LogP contribution in [0.1, 0.15) is 17.0 Å². The number of nitrogens with zero attached hydrogens (tertiary/aromatic N) is 3. The molecule has 0 radical (unpaired) electrons. The van der Waals surface area contributed by atoms with E-state index in [1.54, 1.807) is 24.3 Å². The second-order valence-electron chi connectivity index (χ2n) is 4.45. The van der Waals surface area contributed by atoms with E-state index in [9.17, 15) is 14.4 Å². The van der Waals surface area contributed by atoms with E-state index < -0.39 is 17.8 Å². The molecule has 2 N–H and O–H groups in total. The maximum Gasteiger partial charge on any atom is 0.374 e. The number of carboxylic acid groups (broad SMARTS) is 1. The van der Waals surface area contributed by atoms with Crippen molar-refractivity contribution in [1.82, 2.24) is 15.3 Å². The van der Waals surface area contributed by atoms with Gasteiger partial charge in [-0.25, -0.2) is 19.6 Å². The number of benzene rings is 1. The minimum absolute atomic E-state index is 0.131. The largest absolute Gasteiger partial charge is 0.475 e. The van der Waals surface area contributed by atoms with E-state index in [-0.39, 0.29) is 24.7 Å². The van der Waals surface area contributed by atoms with Gasteiger partial charge >= 0.3 is 12.0 Å². The minimum atomic E-state index is -1.28. The molecule has 1 aliphatic rings. The molecule has 0 spiro atoms. The van der Waals surface area contributed by atoms with Gasteiger partial charge in [0.05, 0.1) is 5.52 Å². The van der Waals surface area contributed by atoms with E-state index in [2.05, 4.69) is 15.3 Å². The number of carbonyl (C=O) groups excluding carboxylic acids is 2. The summed E-state index contributed by atoms with van der Waals surface area (Å²) in [5.74, 6) is -1.86. The number of amides is 3. The zero-order valence-corrected chi connectivity index (χ0v) is 10.7. The lowest BCUT2D eigenvalue weighted by Gasteiger charge is -2.26. The third-order valence-corrected chi connectivity index (χ3v) is 3.08. The summed E-state index contributed by atoms with van der Waals surface area (Å²) in [5, 5.41) is 11.8. The van der Waals surface area contributed by atoms with Gasteiger partial charge in [-0.2, -0.15) is 0 Å². The fourth-order valence-corrected chi connectivity index (χ4v) is 2.13. The van der Waals surface area contributed by atoms with Crippen molar-refractivity contribution in [2.45, 2.75) is 6.42 Å². The lowest BCUT2D eigenvalue weighted by Crippen LogP contribution is -2.50. The van der Waals surface area contributed by atoms with E-state index in [1.807, 2.05) is 0 Å². The van der Waals surface area contributed by atoms with Gasteiger partial charge in [-0.3, -0.25) is 15.0 Å². The highest BCUT2D eigenvalue weighted by Gasteiger charge is 2.27. The van der Waals surface area contributed by atoms with Crippen molar-refractivity contribution in [2.24, 2.45) is 0 Å². The molecule has 2 aromatic rings. The summed E-state index contributed by atoms with van der Waals surface area (Å²) in [5.41, 5.74) is 0.421. The highest BCUT2D eigenvalue weighted by molar-refractivity contribution is 6.09. The first-order valence-electron chi connectivity index (χ1n) is 6.17. The lowest BCUT2D eigenvalue weighted by atomic mass is 10.2. The van der Waals surface area contributed by atoms with Crippen LogP contribution in [0, 0.1) is 0 Å². The van der Waals surface area contributed by atoms with Crippen LogP contribution < -0.4 is 10.2 Å². The number of fused-ring (bicyclic) bond motifs is 1. The number of imide groups is 1. The first-order valence-corrected chi connectivity index (χ1v) is 6.17. The van der Waals surface area contributed by atoms with Crippen molar-refractivity contribution in [1.29, 1.82) is 0 Å². The average Bonchev–Trinajstić information content (AvgIpc) is 2.46. The molecule has 0 aliphatic carbocycles. The molecule has 0 atom stereocenters. The molecule has 1 aliphatic heterocycles. The molecular weight excluding hydrogens is 276 g/mol. The summed E-state index contributed by atoms with van der Waals surface area (Å²) in [4.78, 5) is 43.4. The van der Waals surface area contributed by atoms with Crippen LogP contribution in [-0.4, -0.2) is 39.5 Å². The van der Waals surface area contributed by atoms with Crippen LogP contribution in [0.2, 0.25) is 0 Å². The van der Waals surface area contributed by atoms with Crippen LogP contribution in [0.3, 0.4) is 0 Å². The van der Waals surface area contributed by atoms with Crippen molar-refractivity contribution < 1.29 is 19.5 Å². The Bertz CT molecular complexity index is 774. The van der Waals surface area contributed by atoms with Crippen LogP contribution >= 0.6 is 0 Å². The van der Waals surface area contributed by atoms with Crippen molar-refractivity contribution in [2.75, 3.05) is 11.4 Å². The zero-order chi connectivity index (χ0) is 15.0. The Kier molecular flexibility index (Phi) is 2.98. The SMILES string of the molecule is O=C1CCN(c2nc(C(=O)O)nc3ccccc23)C(=O)N1. The molecule has 8 heteroatoms. The van der Waals surface area contributed by atoms with Gasteiger partial charge in [0.25, 0.3) is 0 Å². The third kappa shape index (κ3) is 2.27. The van der Waals surface area contributed by atoms with E-state index in [0.717, 1.165) is 0 Å². The fraction of sp³-hybridized carbons (Fsp3) is 0.154. The second kappa shape index (κ2) is 4.82. The molecule has 1 fully saturated rings. The molecule has 1 saturated heterocycles. The molecule has 0 bridgehead atoms. The van der Waals surface area contributed by atoms with Crippen LogP contribution in [0.15, 0.2) is 24.3 Å². The fourth-order valence-electron chi connectivity index (χ4n) is 2.13. The monoisotopic (exact) mass is 286 g/mol. The van der Waals surface area contributed by atoms with Gasteiger partial charge in [-0.1, -0.05) is 12.1 Å². The van der Waals surface area contributed by atoms with Gasteiger partial charge in [0, 0.05) is 18.4 Å². The summed E-state index contributed by atoms with van der Waals surface area (Å²) < 4.78 is 0. The number of aromatic carboxylic acids is 1. The van der Waals surface area contributed by atoms with Gasteiger partial charge in [0.2, 0.25) is 11.7 Å². The second-order valence-corrected chi connectivity index (χ2v) is 4.45. The van der Waals surface area contributed by atoms with Crippen LogP contribution in [0.25, 0.3) is 10.9 Å². The topological polar surface area (TPSA) is 112 Å². The van der Waals surface area contributed by atoms with Gasteiger partial charge in [-0.15, -0.1) is 0 Å². The molecule has 0 saturated carbocycles. The maximum atomic E-state index is 11.9. The number of hydrogen-bond acceptors (Lipinski definition) is 5. The molecule has 106 valence electrons. The molecule has 21 heavy (non-hydrogen) atoms. The van der Waals surface area contributed by atoms with Gasteiger partial charge < -0.3 is 5.11 Å². The van der Waals surface area contributed by atoms with Gasteiger partial charge in [0.15, 0.2) is 0 Å². The smallest absolute Gasteiger partial charge is 0.374 e. The summed E-state index contributed by atoms with van der Waals surface area (Å²) in [6.07, 6.45) is 0.131. The predicted octanol–water partition coefficient (Wildman–Crippen LogP) is 0.774. The van der Waals surface area contributed by atoms with Crippen molar-refractivity contribution in [3.8, 4) is 0 Å². The summed E-state index contributed by atoms with van der Waals surface area (Å²) >= 11 is 0. The standard InChI is InChI=1S/C13H10N4O4/c18-9-5-6-17(13(21)15-9)11-7-3-1-2-4-8(7)14-10(16-11)12(19)20/h1-4H,5-6H2,(H,19,20)(H,15,18,21). The molecule has 3 rings (SSSR count). The van der Waals surface area contributed by atoms with Crippen LogP contribution in [0.5, 0.6) is 0 Å². The van der Waals surface area contributed by atoms with E-state index in [4.69, 9.17) is 5.11 Å². The van der Waals surface area contributed by atoms with E-state index in [1.165, 1.54) is 4.90 Å². The van der Waals surface area contributed by atoms with E-state index >= 15 is 0 Å². The van der Waals surface area contributed by atoms with Crippen LogP contribution in [0.4, 0.5) is 10.6 Å². The number of anilines is 1. The summed E-state index contributed by atoms with van der Waals surface area (Å²) in [7, 11) is 0. The van der Waals surface area contributed by atoms with Crippen LogP contribution in [-0.2, 0) is 4.79 Å². The number of hydrogen-bond donors (Lipinski definition) is 2. The number of para-hydroxylation sites is 1. The molecule has 1 aromatic heterocycles.